The number of nitrogens with one attached hydrogen (secondary N) is 1. The van der Waals surface area contributed by atoms with Crippen molar-refractivity contribution in [3.8, 4) is 0 Å². The van der Waals surface area contributed by atoms with Crippen molar-refractivity contribution in [2.45, 2.75) is 39.9 Å². The maximum absolute atomic E-state index is 5.83. The molecule has 1 saturated heterocycles. The Bertz CT molecular complexity index is 392. The third kappa shape index (κ3) is 4.34. The molecule has 108 valence electrons. The van der Waals surface area contributed by atoms with Gasteiger partial charge in [-0.3, -0.25) is 4.90 Å². The van der Waals surface area contributed by atoms with Gasteiger partial charge in [-0.05, 0) is 20.0 Å². The van der Waals surface area contributed by atoms with Gasteiger partial charge in [0, 0.05) is 44.3 Å². The zero-order chi connectivity index (χ0) is 13.8. The molecule has 2 heterocycles. The Hall–Kier alpha value is -0.840. The van der Waals surface area contributed by atoms with Crippen LogP contribution in [0.3, 0.4) is 0 Å². The lowest BCUT2D eigenvalue weighted by Crippen LogP contribution is -2.43. The predicted octanol–water partition coefficient (Wildman–Crippen LogP) is 1.83. The van der Waals surface area contributed by atoms with Gasteiger partial charge in [0.15, 0.2) is 0 Å². The lowest BCUT2D eigenvalue weighted by atomic mass is 10.2. The highest BCUT2D eigenvalue weighted by Crippen LogP contribution is 2.17. The van der Waals surface area contributed by atoms with Crippen molar-refractivity contribution < 1.29 is 4.42 Å². The first-order valence-corrected chi connectivity index (χ1v) is 7.27. The topological polar surface area (TPSA) is 31.7 Å². The van der Waals surface area contributed by atoms with Crippen LogP contribution in [0.15, 0.2) is 10.5 Å². The second-order valence-electron chi connectivity index (χ2n) is 5.91. The van der Waals surface area contributed by atoms with Gasteiger partial charge in [0.2, 0.25) is 0 Å². The van der Waals surface area contributed by atoms with Crippen molar-refractivity contribution in [2.24, 2.45) is 0 Å². The third-order valence-corrected chi connectivity index (χ3v) is 3.75. The molecule has 0 aliphatic carbocycles. The summed E-state index contributed by atoms with van der Waals surface area (Å²) in [6.07, 6.45) is 0. The van der Waals surface area contributed by atoms with Gasteiger partial charge in [-0.1, -0.05) is 13.8 Å². The van der Waals surface area contributed by atoms with E-state index in [1.54, 1.807) is 0 Å². The van der Waals surface area contributed by atoms with Crippen LogP contribution in [-0.4, -0.2) is 49.1 Å². The summed E-state index contributed by atoms with van der Waals surface area (Å²) in [6, 6.07) is 2.70. The predicted molar refractivity (Wildman–Crippen MR) is 78.2 cm³/mol. The molecule has 0 unspecified atom stereocenters. The van der Waals surface area contributed by atoms with E-state index in [2.05, 4.69) is 49.0 Å². The van der Waals surface area contributed by atoms with E-state index >= 15 is 0 Å². The van der Waals surface area contributed by atoms with E-state index in [0.717, 1.165) is 37.7 Å². The number of nitrogens with zero attached hydrogens (tertiary/aromatic N) is 2. The molecule has 0 saturated carbocycles. The summed E-state index contributed by atoms with van der Waals surface area (Å²) in [4.78, 5) is 4.90. The standard InChI is InChI=1S/C15H27N3O/c1-12(2)16-10-15-9-14(13(3)19-15)11-18-7-5-17(4)6-8-18/h9,12,16H,5-8,10-11H2,1-4H3. The van der Waals surface area contributed by atoms with Gasteiger partial charge >= 0.3 is 0 Å². The minimum atomic E-state index is 0.492. The summed E-state index contributed by atoms with van der Waals surface area (Å²) in [6.45, 7) is 12.9. The number of furan rings is 1. The number of rotatable bonds is 5. The van der Waals surface area contributed by atoms with Crippen LogP contribution < -0.4 is 5.32 Å². The van der Waals surface area contributed by atoms with Crippen molar-refractivity contribution in [3.05, 3.63) is 23.2 Å². The lowest BCUT2D eigenvalue weighted by molar-refractivity contribution is 0.147. The Morgan fingerprint density at radius 3 is 2.58 bits per heavy atom. The van der Waals surface area contributed by atoms with Gasteiger partial charge in [-0.15, -0.1) is 0 Å². The van der Waals surface area contributed by atoms with Crippen molar-refractivity contribution in [1.29, 1.82) is 0 Å². The molecule has 4 nitrogen and oxygen atoms in total. The summed E-state index contributed by atoms with van der Waals surface area (Å²) in [5, 5.41) is 3.40. The molecule has 0 radical (unpaired) electrons. The fourth-order valence-corrected chi connectivity index (χ4v) is 2.38. The van der Waals surface area contributed by atoms with Gasteiger partial charge < -0.3 is 14.6 Å². The van der Waals surface area contributed by atoms with Crippen molar-refractivity contribution >= 4 is 0 Å². The van der Waals surface area contributed by atoms with Crippen LogP contribution in [0.5, 0.6) is 0 Å². The fraction of sp³-hybridized carbons (Fsp3) is 0.733. The molecule has 1 aromatic rings. The first-order valence-electron chi connectivity index (χ1n) is 7.27. The number of hydrogen-bond acceptors (Lipinski definition) is 4. The largest absolute Gasteiger partial charge is 0.465 e. The van der Waals surface area contributed by atoms with E-state index in [9.17, 15) is 0 Å². The van der Waals surface area contributed by atoms with E-state index in [-0.39, 0.29) is 0 Å². The summed E-state index contributed by atoms with van der Waals surface area (Å²) in [5.41, 5.74) is 1.34. The van der Waals surface area contributed by atoms with Crippen LogP contribution in [0.4, 0.5) is 0 Å². The van der Waals surface area contributed by atoms with Crippen LogP contribution in [-0.2, 0) is 13.1 Å². The summed E-state index contributed by atoms with van der Waals surface area (Å²) >= 11 is 0. The van der Waals surface area contributed by atoms with Gasteiger partial charge in [-0.2, -0.15) is 0 Å². The van der Waals surface area contributed by atoms with E-state index in [1.807, 2.05) is 0 Å². The molecule has 1 aromatic heterocycles. The molecule has 1 aliphatic heterocycles. The zero-order valence-corrected chi connectivity index (χ0v) is 12.7. The molecule has 0 bridgehead atoms. The number of hydrogen-bond donors (Lipinski definition) is 1. The molecule has 0 atom stereocenters. The van der Waals surface area contributed by atoms with Gasteiger partial charge in [-0.25, -0.2) is 0 Å². The van der Waals surface area contributed by atoms with Crippen LogP contribution in [0.25, 0.3) is 0 Å². The maximum atomic E-state index is 5.83. The Kier molecular flexibility index (Phi) is 5.02. The van der Waals surface area contributed by atoms with E-state index in [0.29, 0.717) is 6.04 Å². The normalized spacial score (nSPS) is 18.4. The Morgan fingerprint density at radius 2 is 1.95 bits per heavy atom. The Labute approximate surface area is 116 Å². The molecule has 1 N–H and O–H groups in total. The second-order valence-corrected chi connectivity index (χ2v) is 5.91. The molecular formula is C15H27N3O. The molecule has 19 heavy (non-hydrogen) atoms. The highest BCUT2D eigenvalue weighted by Gasteiger charge is 2.16. The van der Waals surface area contributed by atoms with Gasteiger partial charge in [0.1, 0.15) is 11.5 Å². The Balaban J connectivity index is 1.89. The van der Waals surface area contributed by atoms with Crippen molar-refractivity contribution in [2.75, 3.05) is 33.2 Å². The monoisotopic (exact) mass is 265 g/mol. The zero-order valence-electron chi connectivity index (χ0n) is 12.7. The summed E-state index contributed by atoms with van der Waals surface area (Å²) < 4.78 is 5.83. The van der Waals surface area contributed by atoms with Crippen LogP contribution >= 0.6 is 0 Å². The number of likely N-dealkylation sites (N-methyl/N-ethyl adjacent to an activating group) is 1. The summed E-state index contributed by atoms with van der Waals surface area (Å²) in [7, 11) is 2.19. The maximum Gasteiger partial charge on any atom is 0.118 e. The molecule has 4 heteroatoms. The van der Waals surface area contributed by atoms with Crippen molar-refractivity contribution in [1.82, 2.24) is 15.1 Å². The molecular weight excluding hydrogens is 238 g/mol. The summed E-state index contributed by atoms with van der Waals surface area (Å²) in [5.74, 6) is 2.12. The SMILES string of the molecule is Cc1oc(CNC(C)C)cc1CN1CCN(C)CC1. The first kappa shape index (κ1) is 14.6. The minimum absolute atomic E-state index is 0.492. The second kappa shape index (κ2) is 6.55. The highest BCUT2D eigenvalue weighted by atomic mass is 16.3. The quantitative estimate of drug-likeness (QED) is 0.880. The molecule has 0 spiro atoms. The average Bonchev–Trinajstić information content (AvgIpc) is 2.71. The van der Waals surface area contributed by atoms with E-state index in [1.165, 1.54) is 18.7 Å². The molecule has 1 fully saturated rings. The first-order chi connectivity index (χ1) is 9.04. The molecule has 0 aromatic carbocycles. The highest BCUT2D eigenvalue weighted by molar-refractivity contribution is 5.20. The minimum Gasteiger partial charge on any atom is -0.465 e. The van der Waals surface area contributed by atoms with Crippen LogP contribution in [0, 0.1) is 6.92 Å². The molecule has 2 rings (SSSR count). The average molecular weight is 265 g/mol. The van der Waals surface area contributed by atoms with E-state index in [4.69, 9.17) is 4.42 Å². The van der Waals surface area contributed by atoms with E-state index < -0.39 is 0 Å². The number of aryl methyl sites for hydroxylation is 1. The fourth-order valence-electron chi connectivity index (χ4n) is 2.38. The van der Waals surface area contributed by atoms with Crippen LogP contribution in [0.2, 0.25) is 0 Å². The lowest BCUT2D eigenvalue weighted by Gasteiger charge is -2.32. The van der Waals surface area contributed by atoms with Crippen molar-refractivity contribution in [3.63, 3.8) is 0 Å². The molecule has 1 aliphatic rings. The van der Waals surface area contributed by atoms with Gasteiger partial charge in [0.25, 0.3) is 0 Å². The molecule has 0 amide bonds. The smallest absolute Gasteiger partial charge is 0.118 e. The Morgan fingerprint density at radius 1 is 1.26 bits per heavy atom. The van der Waals surface area contributed by atoms with Crippen LogP contribution in [0.1, 0.15) is 30.9 Å². The van der Waals surface area contributed by atoms with Gasteiger partial charge in [0.05, 0.1) is 6.54 Å². The third-order valence-electron chi connectivity index (χ3n) is 3.75. The number of piperazine rings is 1.